The monoisotopic (exact) mass is 399 g/mol. The molecular formula is C20H25N5O2S. The number of piperidine rings is 1. The number of amides is 2. The van der Waals surface area contributed by atoms with E-state index in [0.29, 0.717) is 17.2 Å². The number of anilines is 1. The Balaban J connectivity index is 1.33. The van der Waals surface area contributed by atoms with Gasteiger partial charge in [0.1, 0.15) is 0 Å². The van der Waals surface area contributed by atoms with Crippen LogP contribution in [0.25, 0.3) is 0 Å². The summed E-state index contributed by atoms with van der Waals surface area (Å²) >= 11 is 1.42. The number of hydrogen-bond acceptors (Lipinski definition) is 6. The summed E-state index contributed by atoms with van der Waals surface area (Å²) in [5.41, 5.74) is 1.67. The molecule has 4 rings (SSSR count). The van der Waals surface area contributed by atoms with E-state index in [2.05, 4.69) is 20.2 Å². The van der Waals surface area contributed by atoms with Crippen LogP contribution < -0.4 is 5.32 Å². The molecule has 2 saturated heterocycles. The molecule has 0 aliphatic carbocycles. The van der Waals surface area contributed by atoms with Crippen LogP contribution in [0.5, 0.6) is 0 Å². The lowest BCUT2D eigenvalue weighted by Gasteiger charge is -2.31. The fourth-order valence-electron chi connectivity index (χ4n) is 3.96. The Morgan fingerprint density at radius 2 is 2.00 bits per heavy atom. The Morgan fingerprint density at radius 1 is 1.14 bits per heavy atom. The zero-order chi connectivity index (χ0) is 19.3. The minimum absolute atomic E-state index is 0.0323. The van der Waals surface area contributed by atoms with Gasteiger partial charge in [-0.15, -0.1) is 11.3 Å². The molecule has 1 atom stereocenters. The van der Waals surface area contributed by atoms with Crippen molar-refractivity contribution in [3.05, 3.63) is 41.2 Å². The fraction of sp³-hybridized carbons (Fsp3) is 0.500. The number of pyridine rings is 1. The third-order valence-electron chi connectivity index (χ3n) is 5.40. The predicted octanol–water partition coefficient (Wildman–Crippen LogP) is 2.59. The maximum Gasteiger partial charge on any atom is 0.255 e. The third kappa shape index (κ3) is 4.56. The molecule has 0 bridgehead atoms. The van der Waals surface area contributed by atoms with Crippen LogP contribution in [0.2, 0.25) is 0 Å². The summed E-state index contributed by atoms with van der Waals surface area (Å²) < 4.78 is 0. The van der Waals surface area contributed by atoms with Crippen molar-refractivity contribution in [3.8, 4) is 0 Å². The van der Waals surface area contributed by atoms with Crippen molar-refractivity contribution in [3.63, 3.8) is 0 Å². The maximum absolute atomic E-state index is 12.5. The normalized spacial score (nSPS) is 20.3. The standard InChI is InChI=1S/C20H25N5O2S/c26-18(23-20-21-7-11-28-20)14-24-8-3-4-16(13-24)17-6-5-15(12-22-17)19(27)25-9-1-2-10-25/h5-7,11-12,16H,1-4,8-10,13-14H2,(H,21,23,26)/t16-/m1/s1. The molecule has 0 radical (unpaired) electrons. The molecule has 148 valence electrons. The summed E-state index contributed by atoms with van der Waals surface area (Å²) in [4.78, 5) is 37.4. The van der Waals surface area contributed by atoms with E-state index in [-0.39, 0.29) is 17.7 Å². The van der Waals surface area contributed by atoms with Crippen LogP contribution in [0.15, 0.2) is 29.9 Å². The lowest BCUT2D eigenvalue weighted by atomic mass is 9.94. The van der Waals surface area contributed by atoms with Gasteiger partial charge in [-0.1, -0.05) is 0 Å². The smallest absolute Gasteiger partial charge is 0.255 e. The van der Waals surface area contributed by atoms with Crippen LogP contribution >= 0.6 is 11.3 Å². The van der Waals surface area contributed by atoms with E-state index in [1.54, 1.807) is 12.4 Å². The molecule has 8 heteroatoms. The summed E-state index contributed by atoms with van der Waals surface area (Å²) in [5.74, 6) is 0.341. The van der Waals surface area contributed by atoms with Gasteiger partial charge in [0.05, 0.1) is 12.1 Å². The Hall–Kier alpha value is -2.32. The van der Waals surface area contributed by atoms with Gasteiger partial charge >= 0.3 is 0 Å². The van der Waals surface area contributed by atoms with Gasteiger partial charge in [-0.2, -0.15) is 0 Å². The van der Waals surface area contributed by atoms with Crippen molar-refractivity contribution in [2.45, 2.75) is 31.6 Å². The highest BCUT2D eigenvalue weighted by Crippen LogP contribution is 2.26. The molecule has 7 nitrogen and oxygen atoms in total. The largest absolute Gasteiger partial charge is 0.339 e. The van der Waals surface area contributed by atoms with E-state index in [9.17, 15) is 9.59 Å². The summed E-state index contributed by atoms with van der Waals surface area (Å²) in [7, 11) is 0. The van der Waals surface area contributed by atoms with Crippen molar-refractivity contribution in [2.24, 2.45) is 0 Å². The summed E-state index contributed by atoms with van der Waals surface area (Å²) in [5, 5.41) is 5.32. The second kappa shape index (κ2) is 8.79. The first-order chi connectivity index (χ1) is 13.7. The van der Waals surface area contributed by atoms with Gasteiger partial charge in [-0.05, 0) is 44.4 Å². The molecule has 2 aromatic rings. The molecule has 2 aromatic heterocycles. The number of rotatable bonds is 5. The number of likely N-dealkylation sites (tertiary alicyclic amines) is 2. The van der Waals surface area contributed by atoms with Crippen molar-refractivity contribution in [2.75, 3.05) is 38.0 Å². The van der Waals surface area contributed by atoms with Crippen molar-refractivity contribution in [1.82, 2.24) is 19.8 Å². The molecule has 0 spiro atoms. The van der Waals surface area contributed by atoms with E-state index in [4.69, 9.17) is 0 Å². The molecule has 2 amide bonds. The number of carbonyl (C=O) groups is 2. The maximum atomic E-state index is 12.5. The lowest BCUT2D eigenvalue weighted by molar-refractivity contribution is -0.117. The van der Waals surface area contributed by atoms with Crippen LogP contribution in [-0.2, 0) is 4.79 Å². The van der Waals surface area contributed by atoms with Gasteiger partial charge in [0.15, 0.2) is 5.13 Å². The van der Waals surface area contributed by atoms with Crippen LogP contribution in [0.1, 0.15) is 47.7 Å². The Labute approximate surface area is 168 Å². The van der Waals surface area contributed by atoms with Gasteiger partial charge in [0.25, 0.3) is 5.91 Å². The first-order valence-electron chi connectivity index (χ1n) is 9.86. The first kappa shape index (κ1) is 19.0. The van der Waals surface area contributed by atoms with Crippen LogP contribution in [0.3, 0.4) is 0 Å². The average Bonchev–Trinajstić information content (AvgIpc) is 3.42. The quantitative estimate of drug-likeness (QED) is 0.836. The van der Waals surface area contributed by atoms with E-state index < -0.39 is 0 Å². The molecular weight excluding hydrogens is 374 g/mol. The van der Waals surface area contributed by atoms with Crippen LogP contribution in [-0.4, -0.2) is 64.3 Å². The number of aromatic nitrogens is 2. The highest BCUT2D eigenvalue weighted by molar-refractivity contribution is 7.13. The number of hydrogen-bond donors (Lipinski definition) is 1. The molecule has 2 aliphatic heterocycles. The Bertz CT molecular complexity index is 803. The molecule has 4 heterocycles. The summed E-state index contributed by atoms with van der Waals surface area (Å²) in [6.45, 7) is 3.77. The van der Waals surface area contributed by atoms with E-state index in [0.717, 1.165) is 57.6 Å². The highest BCUT2D eigenvalue weighted by atomic mass is 32.1. The van der Waals surface area contributed by atoms with E-state index >= 15 is 0 Å². The molecule has 1 N–H and O–H groups in total. The summed E-state index contributed by atoms with van der Waals surface area (Å²) in [6.07, 6.45) is 7.66. The lowest BCUT2D eigenvalue weighted by Crippen LogP contribution is -2.40. The minimum atomic E-state index is -0.0323. The van der Waals surface area contributed by atoms with Crippen molar-refractivity contribution < 1.29 is 9.59 Å². The van der Waals surface area contributed by atoms with Crippen LogP contribution in [0, 0.1) is 0 Å². The second-order valence-electron chi connectivity index (χ2n) is 7.43. The van der Waals surface area contributed by atoms with Gasteiger partial charge in [-0.25, -0.2) is 4.98 Å². The SMILES string of the molecule is O=C(CN1CCC[C@@H](c2ccc(C(=O)N3CCCC3)cn2)C1)Nc1nccs1. The Morgan fingerprint density at radius 3 is 2.71 bits per heavy atom. The molecule has 28 heavy (non-hydrogen) atoms. The number of nitrogens with one attached hydrogen (secondary N) is 1. The molecule has 2 aliphatic rings. The fourth-order valence-corrected chi connectivity index (χ4v) is 4.51. The van der Waals surface area contributed by atoms with Gasteiger partial charge in [-0.3, -0.25) is 19.5 Å². The number of thiazole rings is 1. The Kier molecular flexibility index (Phi) is 5.97. The molecule has 2 fully saturated rings. The van der Waals surface area contributed by atoms with Gasteiger partial charge in [0.2, 0.25) is 5.91 Å². The minimum Gasteiger partial charge on any atom is -0.339 e. The highest BCUT2D eigenvalue weighted by Gasteiger charge is 2.25. The number of nitrogens with zero attached hydrogens (tertiary/aromatic N) is 4. The van der Waals surface area contributed by atoms with E-state index in [1.165, 1.54) is 11.3 Å². The molecule has 0 saturated carbocycles. The van der Waals surface area contributed by atoms with Crippen LogP contribution in [0.4, 0.5) is 5.13 Å². The van der Waals surface area contributed by atoms with Crippen molar-refractivity contribution in [1.29, 1.82) is 0 Å². The van der Waals surface area contributed by atoms with Crippen molar-refractivity contribution >= 4 is 28.3 Å². The zero-order valence-electron chi connectivity index (χ0n) is 15.8. The van der Waals surface area contributed by atoms with E-state index in [1.807, 2.05) is 22.4 Å². The first-order valence-corrected chi connectivity index (χ1v) is 10.7. The molecule has 0 unspecified atom stereocenters. The third-order valence-corrected chi connectivity index (χ3v) is 6.08. The molecule has 0 aromatic carbocycles. The predicted molar refractivity (Wildman–Crippen MR) is 109 cm³/mol. The average molecular weight is 400 g/mol. The number of carbonyl (C=O) groups excluding carboxylic acids is 2. The van der Waals surface area contributed by atoms with Gasteiger partial charge in [0, 0.05) is 49.0 Å². The summed E-state index contributed by atoms with van der Waals surface area (Å²) in [6, 6.07) is 3.88. The topological polar surface area (TPSA) is 78.4 Å². The van der Waals surface area contributed by atoms with Gasteiger partial charge < -0.3 is 10.2 Å². The second-order valence-corrected chi connectivity index (χ2v) is 8.33. The zero-order valence-corrected chi connectivity index (χ0v) is 16.7.